The topological polar surface area (TPSA) is 230 Å². The number of halogens is 1. The molecule has 0 bridgehead atoms. The first-order chi connectivity index (χ1) is 22.7. The summed E-state index contributed by atoms with van der Waals surface area (Å²) in [7, 11) is 1.33. The van der Waals surface area contributed by atoms with Gasteiger partial charge in [-0.3, -0.25) is 14.4 Å². The Morgan fingerprint density at radius 3 is 2.37 bits per heavy atom. The van der Waals surface area contributed by atoms with Gasteiger partial charge in [0.2, 0.25) is 5.78 Å². The zero-order valence-electron chi connectivity index (χ0n) is 26.7. The summed E-state index contributed by atoms with van der Waals surface area (Å²) in [6, 6.07) is 9.12. The lowest BCUT2D eigenvalue weighted by molar-refractivity contribution is -0.245. The Hall–Kier alpha value is -4.57. The molecule has 6 unspecified atom stereocenters. The molecule has 49 heavy (non-hydrogen) atoms. The summed E-state index contributed by atoms with van der Waals surface area (Å²) in [6.45, 7) is 3.05. The number of carbonyl (C=O) groups excluding carboxylic acids is 3. The van der Waals surface area contributed by atoms with Crippen LogP contribution < -0.4 is 15.9 Å². The van der Waals surface area contributed by atoms with Crippen molar-refractivity contribution in [3.8, 4) is 23.0 Å². The number of phenols is 3. The highest BCUT2D eigenvalue weighted by molar-refractivity contribution is 6.31. The number of aliphatic hydroxyl groups excluding tert-OH is 1. The van der Waals surface area contributed by atoms with Gasteiger partial charge in [0.05, 0.1) is 47.8 Å². The summed E-state index contributed by atoms with van der Waals surface area (Å²) in [5.41, 5.74) is 5.61. The maximum Gasteiger partial charge on any atom is 0.271 e. The highest BCUT2D eigenvalue weighted by atomic mass is 35.5. The standard InChI is InChI=1S/C34H35N3O11.ClH/c1-14-28(39)20(35)11-23(47-14)48-22-13-34(45,15(2)36-37-33(44)16-7-9-17(38)10-8-16)12-19-25(22)32(43)27-26(30(19)41)29(40)18-5-4-6-21(46-3)24(18)31(27)42;/h4-10,14,20,22-23,28,38-39,41,43,45H,11-13,35H2,1-3H3,(H,37,44);1H. The van der Waals surface area contributed by atoms with Crippen molar-refractivity contribution in [1.82, 2.24) is 5.43 Å². The lowest BCUT2D eigenvalue weighted by atomic mass is 9.71. The van der Waals surface area contributed by atoms with Crippen LogP contribution in [0.5, 0.6) is 23.0 Å². The van der Waals surface area contributed by atoms with Gasteiger partial charge in [0.15, 0.2) is 12.1 Å². The number of amides is 1. The van der Waals surface area contributed by atoms with Crippen molar-refractivity contribution in [3.05, 3.63) is 81.4 Å². The quantitative estimate of drug-likeness (QED) is 0.0875. The lowest BCUT2D eigenvalue weighted by Gasteiger charge is -2.42. The molecular weight excluding hydrogens is 662 g/mol. The number of fused-ring (bicyclic) bond motifs is 3. The fraction of sp³-hybridized carbons (Fsp3) is 0.353. The minimum atomic E-state index is -1.93. The average molecular weight is 698 g/mol. The molecule has 6 atom stereocenters. The Balaban J connectivity index is 0.00000468. The molecule has 3 aromatic carbocycles. The average Bonchev–Trinajstić information content (AvgIpc) is 3.06. The van der Waals surface area contributed by atoms with Crippen LogP contribution in [0, 0.1) is 0 Å². The van der Waals surface area contributed by atoms with Gasteiger partial charge in [0.25, 0.3) is 5.91 Å². The van der Waals surface area contributed by atoms with E-state index in [1.165, 1.54) is 56.5 Å². The van der Waals surface area contributed by atoms with Gasteiger partial charge < -0.3 is 45.5 Å². The van der Waals surface area contributed by atoms with E-state index in [4.69, 9.17) is 19.9 Å². The van der Waals surface area contributed by atoms with Crippen LogP contribution in [0.3, 0.4) is 0 Å². The Kier molecular flexibility index (Phi) is 9.76. The van der Waals surface area contributed by atoms with Gasteiger partial charge in [-0.2, -0.15) is 5.10 Å². The van der Waals surface area contributed by atoms with Crippen LogP contribution in [0.15, 0.2) is 47.6 Å². The van der Waals surface area contributed by atoms with Gasteiger partial charge in [0.1, 0.15) is 28.6 Å². The number of ketones is 2. The molecule has 15 heteroatoms. The number of hydrogen-bond acceptors (Lipinski definition) is 13. The molecule has 0 aromatic heterocycles. The van der Waals surface area contributed by atoms with Crippen molar-refractivity contribution in [1.29, 1.82) is 0 Å². The Morgan fingerprint density at radius 2 is 1.71 bits per heavy atom. The van der Waals surface area contributed by atoms with E-state index in [1.54, 1.807) is 6.92 Å². The maximum absolute atomic E-state index is 13.9. The minimum absolute atomic E-state index is 0. The number of hydrogen-bond donors (Lipinski definition) is 7. The second-order valence-electron chi connectivity index (χ2n) is 12.3. The smallest absolute Gasteiger partial charge is 0.271 e. The number of methoxy groups -OCH3 is 1. The van der Waals surface area contributed by atoms with Gasteiger partial charge in [-0.25, -0.2) is 5.43 Å². The minimum Gasteiger partial charge on any atom is -0.508 e. The molecule has 6 rings (SSSR count). The third kappa shape index (κ3) is 6.11. The number of aromatic hydroxyl groups is 3. The zero-order valence-corrected chi connectivity index (χ0v) is 27.5. The molecule has 0 spiro atoms. The van der Waals surface area contributed by atoms with E-state index in [0.29, 0.717) is 0 Å². The number of carbonyl (C=O) groups is 3. The third-order valence-electron chi connectivity index (χ3n) is 9.27. The first-order valence-electron chi connectivity index (χ1n) is 15.2. The van der Waals surface area contributed by atoms with Gasteiger partial charge in [-0.1, -0.05) is 12.1 Å². The van der Waals surface area contributed by atoms with Crippen molar-refractivity contribution in [3.63, 3.8) is 0 Å². The van der Waals surface area contributed by atoms with Gasteiger partial charge >= 0.3 is 0 Å². The number of rotatable bonds is 6. The molecule has 1 aliphatic heterocycles. The fourth-order valence-corrected chi connectivity index (χ4v) is 6.58. The summed E-state index contributed by atoms with van der Waals surface area (Å²) in [4.78, 5) is 40.4. The number of ether oxygens (including phenoxy) is 3. The van der Waals surface area contributed by atoms with Crippen molar-refractivity contribution in [2.75, 3.05) is 7.11 Å². The molecule has 1 saturated heterocycles. The van der Waals surface area contributed by atoms with E-state index < -0.39 is 82.8 Å². The molecule has 3 aliphatic rings. The van der Waals surface area contributed by atoms with Crippen LogP contribution >= 0.6 is 12.4 Å². The summed E-state index contributed by atoms with van der Waals surface area (Å²) in [5, 5.41) is 59.5. The third-order valence-corrected chi connectivity index (χ3v) is 9.27. The Morgan fingerprint density at radius 1 is 1.04 bits per heavy atom. The molecule has 1 fully saturated rings. The van der Waals surface area contributed by atoms with Crippen molar-refractivity contribution < 1.29 is 54.1 Å². The van der Waals surface area contributed by atoms with Crippen molar-refractivity contribution >= 4 is 35.6 Å². The largest absolute Gasteiger partial charge is 0.508 e. The number of nitrogens with one attached hydrogen (secondary N) is 1. The van der Waals surface area contributed by atoms with Crippen LogP contribution in [-0.4, -0.2) is 86.0 Å². The molecule has 1 heterocycles. The molecular formula is C34H36ClN3O11. The van der Waals surface area contributed by atoms with Crippen LogP contribution in [0.25, 0.3) is 0 Å². The maximum atomic E-state index is 13.9. The second-order valence-corrected chi connectivity index (χ2v) is 12.3. The van der Waals surface area contributed by atoms with Crippen LogP contribution in [-0.2, 0) is 15.9 Å². The van der Waals surface area contributed by atoms with Gasteiger partial charge in [0, 0.05) is 47.6 Å². The lowest BCUT2D eigenvalue weighted by Crippen LogP contribution is -2.52. The van der Waals surface area contributed by atoms with Crippen LogP contribution in [0.1, 0.15) is 86.1 Å². The number of nitrogens with two attached hydrogens (primary N) is 1. The number of benzene rings is 3. The van der Waals surface area contributed by atoms with Crippen LogP contribution in [0.2, 0.25) is 0 Å². The predicted octanol–water partition coefficient (Wildman–Crippen LogP) is 2.37. The Bertz CT molecular complexity index is 1850. The van der Waals surface area contributed by atoms with Gasteiger partial charge in [-0.05, 0) is 44.2 Å². The molecule has 14 nitrogen and oxygen atoms in total. The molecule has 8 N–H and O–H groups in total. The zero-order chi connectivity index (χ0) is 34.7. The first-order valence-corrected chi connectivity index (χ1v) is 15.2. The normalized spacial score (nSPS) is 26.2. The van der Waals surface area contributed by atoms with E-state index >= 15 is 0 Å². The highest BCUT2D eigenvalue weighted by Gasteiger charge is 2.49. The van der Waals surface area contributed by atoms with Crippen molar-refractivity contribution in [2.45, 2.75) is 69.4 Å². The van der Waals surface area contributed by atoms with E-state index in [1.807, 2.05) is 0 Å². The summed E-state index contributed by atoms with van der Waals surface area (Å²) < 4.78 is 17.4. The van der Waals surface area contributed by atoms with Gasteiger partial charge in [-0.15, -0.1) is 12.4 Å². The molecule has 2 aliphatic carbocycles. The number of hydrazone groups is 1. The SMILES string of the molecule is COc1cccc2c1C(=O)c1c(O)c3c(c(O)c1C2=O)CC(O)(C(C)=NNC(=O)c1ccc(O)cc1)CC3OC1CC(N)C(O)C(C)O1.Cl. The predicted molar refractivity (Wildman–Crippen MR) is 176 cm³/mol. The van der Waals surface area contributed by atoms with E-state index in [2.05, 4.69) is 10.5 Å². The number of nitrogens with zero attached hydrogens (tertiary/aromatic N) is 1. The van der Waals surface area contributed by atoms with Crippen molar-refractivity contribution in [2.24, 2.45) is 10.8 Å². The summed E-state index contributed by atoms with van der Waals surface area (Å²) in [6.07, 6.45) is -4.68. The highest BCUT2D eigenvalue weighted by Crippen LogP contribution is 2.52. The molecule has 3 aromatic rings. The molecule has 0 saturated carbocycles. The number of phenolic OH excluding ortho intramolecular Hbond substituents is 3. The molecule has 1 amide bonds. The van der Waals surface area contributed by atoms with Crippen LogP contribution in [0.4, 0.5) is 0 Å². The first kappa shape index (κ1) is 35.7. The van der Waals surface area contributed by atoms with E-state index in [9.17, 15) is 39.9 Å². The fourth-order valence-electron chi connectivity index (χ4n) is 6.58. The molecule has 0 radical (unpaired) electrons. The summed E-state index contributed by atoms with van der Waals surface area (Å²) >= 11 is 0. The Labute approximate surface area is 286 Å². The number of aliphatic hydroxyl groups is 2. The van der Waals surface area contributed by atoms with E-state index in [-0.39, 0.29) is 70.3 Å². The van der Waals surface area contributed by atoms with E-state index in [0.717, 1.165) is 0 Å². The molecule has 260 valence electrons. The summed E-state index contributed by atoms with van der Waals surface area (Å²) in [5.74, 6) is -3.32. The second kappa shape index (κ2) is 13.4. The monoisotopic (exact) mass is 697 g/mol.